The van der Waals surface area contributed by atoms with Crippen LogP contribution in [0.3, 0.4) is 0 Å². The van der Waals surface area contributed by atoms with Gasteiger partial charge >= 0.3 is 12.0 Å². The Morgan fingerprint density at radius 3 is 2.83 bits per heavy atom. The van der Waals surface area contributed by atoms with Crippen LogP contribution in [-0.4, -0.2) is 45.1 Å². The molecule has 3 aliphatic rings. The van der Waals surface area contributed by atoms with Gasteiger partial charge in [0.15, 0.2) is 0 Å². The molecule has 0 unspecified atom stereocenters. The van der Waals surface area contributed by atoms with Crippen molar-refractivity contribution in [2.45, 2.75) is 31.2 Å². The molecular formula is C15H17N3O4S. The summed E-state index contributed by atoms with van der Waals surface area (Å²) in [4.78, 5) is 36.8. The number of aliphatic carboxylic acids is 1. The number of nitrogens with one attached hydrogen (secondary N) is 2. The summed E-state index contributed by atoms with van der Waals surface area (Å²) in [5, 5.41) is 14.3. The van der Waals surface area contributed by atoms with Gasteiger partial charge in [0.05, 0.1) is 0 Å². The number of nitrogens with zero attached hydrogens (tertiary/aromatic N) is 1. The van der Waals surface area contributed by atoms with Crippen LogP contribution in [0.25, 0.3) is 0 Å². The molecule has 1 aliphatic carbocycles. The van der Waals surface area contributed by atoms with Crippen LogP contribution < -0.4 is 10.6 Å². The Labute approximate surface area is 137 Å². The number of β-lactam (4-membered cyclic amide) rings is 1. The topological polar surface area (TPSA) is 98.7 Å². The van der Waals surface area contributed by atoms with Gasteiger partial charge in [0.25, 0.3) is 5.91 Å². The fourth-order valence-electron chi connectivity index (χ4n) is 2.80. The normalized spacial score (nSPS) is 26.2. The van der Waals surface area contributed by atoms with Crippen LogP contribution in [0, 0.1) is 0 Å². The Kier molecular flexibility index (Phi) is 4.16. The van der Waals surface area contributed by atoms with Gasteiger partial charge in [0, 0.05) is 17.9 Å². The minimum atomic E-state index is -1.11. The number of amides is 3. The molecule has 0 aromatic rings. The number of fused-ring (bicyclic) bond motifs is 1. The van der Waals surface area contributed by atoms with Crippen molar-refractivity contribution < 1.29 is 19.5 Å². The van der Waals surface area contributed by atoms with Crippen LogP contribution >= 0.6 is 11.8 Å². The van der Waals surface area contributed by atoms with Crippen molar-refractivity contribution in [2.75, 3.05) is 5.75 Å². The van der Waals surface area contributed by atoms with Crippen LogP contribution in [0.2, 0.25) is 0 Å². The van der Waals surface area contributed by atoms with Crippen LogP contribution in [-0.2, 0) is 9.59 Å². The zero-order valence-electron chi connectivity index (χ0n) is 12.5. The third-order valence-electron chi connectivity index (χ3n) is 3.93. The molecule has 3 amide bonds. The predicted molar refractivity (Wildman–Crippen MR) is 85.3 cm³/mol. The standard InChI is InChI=1S/C15H17N3O4S/c1-8-7-23-13-10(12(19)18(13)11(8)14(20)21)17-15(22)16-9-5-3-2-4-6-9/h2-3,6,10,13H,4-5,7H2,1H3,(H,20,21)(H2,16,17,22)/t10-,13-/m1/s1. The van der Waals surface area contributed by atoms with Crippen LogP contribution in [0.5, 0.6) is 0 Å². The number of rotatable bonds is 3. The maximum atomic E-state index is 12.2. The van der Waals surface area contributed by atoms with Gasteiger partial charge in [-0.1, -0.05) is 18.2 Å². The van der Waals surface area contributed by atoms with Crippen molar-refractivity contribution >= 4 is 29.7 Å². The van der Waals surface area contributed by atoms with Crippen molar-refractivity contribution in [3.63, 3.8) is 0 Å². The second-order valence-electron chi connectivity index (χ2n) is 5.56. The second-order valence-corrected chi connectivity index (χ2v) is 6.67. The van der Waals surface area contributed by atoms with E-state index in [1.54, 1.807) is 6.92 Å². The van der Waals surface area contributed by atoms with E-state index in [0.29, 0.717) is 17.7 Å². The first-order valence-electron chi connectivity index (χ1n) is 7.28. The predicted octanol–water partition coefficient (Wildman–Crippen LogP) is 1.16. The van der Waals surface area contributed by atoms with E-state index in [1.807, 2.05) is 18.2 Å². The number of hydrogen-bond donors (Lipinski definition) is 3. The van der Waals surface area contributed by atoms with E-state index in [0.717, 1.165) is 12.1 Å². The molecule has 2 heterocycles. The van der Waals surface area contributed by atoms with Crippen LogP contribution in [0.4, 0.5) is 4.79 Å². The molecule has 8 heteroatoms. The quantitative estimate of drug-likeness (QED) is 0.531. The average molecular weight is 335 g/mol. The third kappa shape index (κ3) is 2.86. The molecule has 3 N–H and O–H groups in total. The van der Waals surface area contributed by atoms with Gasteiger partial charge in [-0.05, 0) is 18.9 Å². The summed E-state index contributed by atoms with van der Waals surface area (Å²) in [6, 6.07) is -1.13. The van der Waals surface area contributed by atoms with E-state index in [4.69, 9.17) is 0 Å². The fraction of sp³-hybridized carbons (Fsp3) is 0.400. The molecule has 0 aromatic carbocycles. The van der Waals surface area contributed by atoms with Gasteiger partial charge in [-0.3, -0.25) is 9.69 Å². The van der Waals surface area contributed by atoms with Gasteiger partial charge in [-0.15, -0.1) is 11.8 Å². The summed E-state index contributed by atoms with van der Waals surface area (Å²) < 4.78 is 0. The Balaban J connectivity index is 1.63. The number of carbonyl (C=O) groups is 3. The molecule has 2 atom stereocenters. The number of thioether (sulfide) groups is 1. The molecule has 0 radical (unpaired) electrons. The highest BCUT2D eigenvalue weighted by Gasteiger charge is 2.53. The molecule has 3 rings (SSSR count). The Morgan fingerprint density at radius 1 is 1.39 bits per heavy atom. The summed E-state index contributed by atoms with van der Waals surface area (Å²) in [6.45, 7) is 1.70. The molecule has 0 saturated carbocycles. The summed E-state index contributed by atoms with van der Waals surface area (Å²) in [5.41, 5.74) is 1.50. The SMILES string of the molecule is CC1=C(C(=O)O)N2C(=O)[C@@H](NC(=O)NC3=CCC=CC3)[C@H]2SC1. The lowest BCUT2D eigenvalue weighted by atomic mass is 10.0. The highest BCUT2D eigenvalue weighted by Crippen LogP contribution is 2.40. The van der Waals surface area contributed by atoms with Gasteiger partial charge < -0.3 is 15.7 Å². The minimum Gasteiger partial charge on any atom is -0.477 e. The van der Waals surface area contributed by atoms with Crippen molar-refractivity contribution in [1.29, 1.82) is 0 Å². The van der Waals surface area contributed by atoms with Crippen molar-refractivity contribution in [2.24, 2.45) is 0 Å². The number of carboxylic acid groups (broad SMARTS) is 1. The molecule has 7 nitrogen and oxygen atoms in total. The van der Waals surface area contributed by atoms with Crippen LogP contribution in [0.1, 0.15) is 19.8 Å². The summed E-state index contributed by atoms with van der Waals surface area (Å²) in [7, 11) is 0. The van der Waals surface area contributed by atoms with Gasteiger partial charge in [0.1, 0.15) is 17.1 Å². The van der Waals surface area contributed by atoms with Gasteiger partial charge in [-0.2, -0.15) is 0 Å². The van der Waals surface area contributed by atoms with Crippen molar-refractivity contribution in [3.8, 4) is 0 Å². The monoisotopic (exact) mass is 335 g/mol. The van der Waals surface area contributed by atoms with E-state index < -0.39 is 18.0 Å². The molecular weight excluding hydrogens is 318 g/mol. The lowest BCUT2D eigenvalue weighted by molar-refractivity contribution is -0.148. The number of hydrogen-bond acceptors (Lipinski definition) is 4. The summed E-state index contributed by atoms with van der Waals surface area (Å²) >= 11 is 1.46. The first kappa shape index (κ1) is 15.7. The lowest BCUT2D eigenvalue weighted by Gasteiger charge is -2.49. The van der Waals surface area contributed by atoms with Crippen LogP contribution in [0.15, 0.2) is 35.2 Å². The molecule has 0 bridgehead atoms. The number of carbonyl (C=O) groups excluding carboxylic acids is 2. The van der Waals surface area contributed by atoms with E-state index in [9.17, 15) is 19.5 Å². The van der Waals surface area contributed by atoms with Gasteiger partial charge in [0.2, 0.25) is 0 Å². The Morgan fingerprint density at radius 2 is 2.17 bits per heavy atom. The zero-order valence-corrected chi connectivity index (χ0v) is 13.4. The molecule has 2 aliphatic heterocycles. The highest BCUT2D eigenvalue weighted by atomic mass is 32.2. The first-order chi connectivity index (χ1) is 11.0. The number of carboxylic acids is 1. The number of urea groups is 1. The maximum Gasteiger partial charge on any atom is 0.352 e. The average Bonchev–Trinajstić information content (AvgIpc) is 2.53. The molecule has 23 heavy (non-hydrogen) atoms. The second kappa shape index (κ2) is 6.11. The molecule has 0 spiro atoms. The minimum absolute atomic E-state index is 0.0392. The Hall–Kier alpha value is -2.22. The molecule has 1 saturated heterocycles. The maximum absolute atomic E-state index is 12.2. The Bertz CT molecular complexity index is 668. The van der Waals surface area contributed by atoms with Crippen molar-refractivity contribution in [1.82, 2.24) is 15.5 Å². The van der Waals surface area contributed by atoms with Gasteiger partial charge in [-0.25, -0.2) is 9.59 Å². The summed E-state index contributed by atoms with van der Waals surface area (Å²) in [5.74, 6) is -0.957. The van der Waals surface area contributed by atoms with E-state index in [-0.39, 0.29) is 17.0 Å². The van der Waals surface area contributed by atoms with E-state index >= 15 is 0 Å². The number of allylic oxidation sites excluding steroid dienone is 3. The molecule has 1 fully saturated rings. The van der Waals surface area contributed by atoms with E-state index in [1.165, 1.54) is 16.7 Å². The lowest BCUT2D eigenvalue weighted by Crippen LogP contribution is -2.71. The fourth-order valence-corrected chi connectivity index (χ4v) is 4.09. The zero-order chi connectivity index (χ0) is 16.6. The molecule has 0 aromatic heterocycles. The first-order valence-corrected chi connectivity index (χ1v) is 8.33. The highest BCUT2D eigenvalue weighted by molar-refractivity contribution is 8.00. The van der Waals surface area contributed by atoms with E-state index in [2.05, 4.69) is 10.6 Å². The van der Waals surface area contributed by atoms with Crippen molar-refractivity contribution in [3.05, 3.63) is 35.2 Å². The largest absolute Gasteiger partial charge is 0.477 e. The smallest absolute Gasteiger partial charge is 0.352 e. The summed E-state index contributed by atoms with van der Waals surface area (Å²) in [6.07, 6.45) is 7.32. The third-order valence-corrected chi connectivity index (χ3v) is 5.35. The molecule has 122 valence electrons.